The lowest BCUT2D eigenvalue weighted by atomic mass is 10.1. The Labute approximate surface area is 203 Å². The third-order valence-corrected chi connectivity index (χ3v) is 6.46. The van der Waals surface area contributed by atoms with Crippen LogP contribution in [0.3, 0.4) is 0 Å². The number of unbranched alkanes of at least 4 members (excludes halogenated alkanes) is 4. The first-order chi connectivity index (χ1) is 16.7. The van der Waals surface area contributed by atoms with Crippen molar-refractivity contribution in [3.63, 3.8) is 0 Å². The molecule has 13 nitrogen and oxygen atoms in total. The molecule has 35 heavy (non-hydrogen) atoms. The molecule has 1 fully saturated rings. The number of ether oxygens (including phenoxy) is 1. The van der Waals surface area contributed by atoms with Crippen LogP contribution in [0, 0.1) is 0 Å². The van der Waals surface area contributed by atoms with E-state index in [4.69, 9.17) is 14.7 Å². The summed E-state index contributed by atoms with van der Waals surface area (Å²) in [6.45, 7) is 1.51. The minimum Gasteiger partial charge on any atom is -0.387 e. The van der Waals surface area contributed by atoms with Crippen molar-refractivity contribution in [1.82, 2.24) is 24.2 Å². The number of rotatable bonds is 13. The van der Waals surface area contributed by atoms with E-state index < -0.39 is 47.4 Å². The lowest BCUT2D eigenvalue weighted by molar-refractivity contribution is -0.119. The van der Waals surface area contributed by atoms with E-state index in [1.807, 2.05) is 10.8 Å². The lowest BCUT2D eigenvalue weighted by Crippen LogP contribution is -2.37. The number of anilines is 1. The largest absolute Gasteiger partial charge is 0.387 e. The topological polar surface area (TPSA) is 192 Å². The molecule has 0 saturated carbocycles. The van der Waals surface area contributed by atoms with Crippen LogP contribution in [0.25, 0.3) is 11.2 Å². The molecule has 4 atom stereocenters. The van der Waals surface area contributed by atoms with Crippen LogP contribution in [-0.4, -0.2) is 69.0 Å². The zero-order valence-electron chi connectivity index (χ0n) is 19.5. The Bertz CT molecular complexity index is 1120. The zero-order chi connectivity index (χ0) is 25.4. The van der Waals surface area contributed by atoms with E-state index in [9.17, 15) is 23.4 Å². The number of fused-ring (bicyclic) bond motifs is 1. The second-order valence-corrected chi connectivity index (χ2v) is 9.60. The highest BCUT2D eigenvalue weighted by Crippen LogP contribution is 2.32. The Hall–Kier alpha value is -2.65. The molecule has 3 rings (SSSR count). The van der Waals surface area contributed by atoms with Gasteiger partial charge in [-0.2, -0.15) is 8.42 Å². The van der Waals surface area contributed by atoms with Crippen LogP contribution in [0.2, 0.25) is 0 Å². The van der Waals surface area contributed by atoms with Crippen molar-refractivity contribution in [2.45, 2.75) is 76.4 Å². The normalized spacial score (nSPS) is 22.8. The molecule has 0 aliphatic carbocycles. The average Bonchev–Trinajstić information content (AvgIpc) is 3.36. The molecule has 1 aliphatic rings. The number of imidazole rings is 1. The third kappa shape index (κ3) is 7.18. The fraction of sp³-hybridized carbons (Fsp3) is 0.619. The molecule has 1 amide bonds. The van der Waals surface area contributed by atoms with E-state index in [0.29, 0.717) is 12.8 Å². The molecule has 1 aliphatic heterocycles. The Kier molecular flexibility index (Phi) is 9.51. The Morgan fingerprint density at radius 1 is 1.20 bits per heavy atom. The number of nitrogens with zero attached hydrogens (tertiary/aromatic N) is 4. The first-order valence-electron chi connectivity index (χ1n) is 11.5. The molecule has 2 aromatic rings. The summed E-state index contributed by atoms with van der Waals surface area (Å²) in [7, 11) is -4.42. The van der Waals surface area contributed by atoms with Crippen molar-refractivity contribution in [1.29, 1.82) is 0 Å². The molecule has 194 valence electrons. The molecule has 0 aromatic carbocycles. The first-order valence-corrected chi connectivity index (χ1v) is 12.9. The highest BCUT2D eigenvalue weighted by atomic mass is 32.2. The van der Waals surface area contributed by atoms with Gasteiger partial charge in [0.25, 0.3) is 0 Å². The summed E-state index contributed by atoms with van der Waals surface area (Å²) < 4.78 is 37.9. The predicted molar refractivity (Wildman–Crippen MR) is 126 cm³/mol. The quantitative estimate of drug-likeness (QED) is 0.218. The van der Waals surface area contributed by atoms with Gasteiger partial charge < -0.3 is 20.7 Å². The molecule has 3 heterocycles. The number of hydrogen-bond acceptors (Lipinski definition) is 11. The molecule has 0 radical (unpaired) electrons. The van der Waals surface area contributed by atoms with E-state index in [0.717, 1.165) is 19.3 Å². The number of nitrogen functional groups attached to an aromatic ring is 1. The number of carbonyl (C=O) groups excluding carboxylic acids is 1. The lowest BCUT2D eigenvalue weighted by Gasteiger charge is -2.16. The van der Waals surface area contributed by atoms with Gasteiger partial charge in [0.05, 0.1) is 12.9 Å². The molecule has 1 saturated heterocycles. The molecule has 0 spiro atoms. The smallest absolute Gasteiger partial charge is 0.362 e. The van der Waals surface area contributed by atoms with Crippen LogP contribution in [0.1, 0.15) is 58.1 Å². The van der Waals surface area contributed by atoms with E-state index in [2.05, 4.69) is 28.0 Å². The van der Waals surface area contributed by atoms with Gasteiger partial charge in [-0.1, -0.05) is 31.9 Å². The number of allylic oxidation sites excluding steroid dienone is 2. The molecule has 0 bridgehead atoms. The second kappa shape index (κ2) is 12.4. The number of aromatic nitrogens is 4. The van der Waals surface area contributed by atoms with Crippen molar-refractivity contribution in [3.8, 4) is 0 Å². The van der Waals surface area contributed by atoms with Crippen molar-refractivity contribution >= 4 is 33.2 Å². The van der Waals surface area contributed by atoms with E-state index in [-0.39, 0.29) is 23.4 Å². The van der Waals surface area contributed by atoms with Crippen LogP contribution in [0.4, 0.5) is 5.82 Å². The fourth-order valence-corrected chi connectivity index (χ4v) is 4.41. The molecule has 14 heteroatoms. The summed E-state index contributed by atoms with van der Waals surface area (Å²) in [5, 5.41) is 20.8. The predicted octanol–water partition coefficient (Wildman–Crippen LogP) is 0.712. The monoisotopic (exact) mass is 512 g/mol. The van der Waals surface area contributed by atoms with Gasteiger partial charge in [0.1, 0.15) is 30.2 Å². The molecule has 2 aromatic heterocycles. The number of aliphatic hydroxyl groups excluding tert-OH is 2. The van der Waals surface area contributed by atoms with Gasteiger partial charge in [0.15, 0.2) is 17.7 Å². The van der Waals surface area contributed by atoms with Crippen molar-refractivity contribution in [2.75, 3.05) is 12.3 Å². The standard InChI is InChI=1S/C21H32N6O7S/c1-2-3-4-5-6-7-8-9-10-15(28)26-35(31,32)33-11-14-17(29)18(30)21(34-14)27-13-25-16-19(22)23-12-24-20(16)27/h6-7,12-14,17-18,21,29-30H,2-5,8-11H2,1H3,(H,26,28)(H2,22,23,24)/b7-6-/t14-,17-,18-,21-/m1/s1. The number of hydrogen-bond donors (Lipinski definition) is 4. The highest BCUT2D eigenvalue weighted by Gasteiger charge is 2.45. The van der Waals surface area contributed by atoms with Gasteiger partial charge in [0.2, 0.25) is 5.91 Å². The van der Waals surface area contributed by atoms with E-state index in [1.165, 1.54) is 23.6 Å². The van der Waals surface area contributed by atoms with Crippen LogP contribution in [-0.2, 0) is 24.0 Å². The van der Waals surface area contributed by atoms with Gasteiger partial charge in [-0.3, -0.25) is 13.5 Å². The Morgan fingerprint density at radius 2 is 1.94 bits per heavy atom. The number of amides is 1. The third-order valence-electron chi connectivity index (χ3n) is 5.54. The second-order valence-electron chi connectivity index (χ2n) is 8.25. The summed E-state index contributed by atoms with van der Waals surface area (Å²) in [5.74, 6) is -0.566. The maximum Gasteiger partial charge on any atom is 0.362 e. The summed E-state index contributed by atoms with van der Waals surface area (Å²) >= 11 is 0. The van der Waals surface area contributed by atoms with Crippen LogP contribution >= 0.6 is 0 Å². The Morgan fingerprint density at radius 3 is 2.69 bits per heavy atom. The summed E-state index contributed by atoms with van der Waals surface area (Å²) in [5.41, 5.74) is 6.31. The van der Waals surface area contributed by atoms with Gasteiger partial charge in [0, 0.05) is 6.42 Å². The van der Waals surface area contributed by atoms with Crippen LogP contribution < -0.4 is 10.5 Å². The van der Waals surface area contributed by atoms with Gasteiger partial charge >= 0.3 is 10.3 Å². The van der Waals surface area contributed by atoms with E-state index in [1.54, 1.807) is 0 Å². The first kappa shape index (κ1) is 26.9. The summed E-state index contributed by atoms with van der Waals surface area (Å²) in [4.78, 5) is 23.9. The highest BCUT2D eigenvalue weighted by molar-refractivity contribution is 7.85. The SMILES string of the molecule is CCCCC/C=C\CCCC(=O)NS(=O)(=O)OC[C@H]1O[C@@H](n2cnc3c(N)ncnc32)[C@H](O)[C@@H]1O. The minimum atomic E-state index is -4.42. The van der Waals surface area contributed by atoms with E-state index >= 15 is 0 Å². The summed E-state index contributed by atoms with van der Waals surface area (Å²) in [6, 6.07) is 0. The molecule has 0 unspecified atom stereocenters. The molecular weight excluding hydrogens is 480 g/mol. The summed E-state index contributed by atoms with van der Waals surface area (Å²) in [6.07, 6.45) is 7.01. The van der Waals surface area contributed by atoms with Gasteiger partial charge in [-0.25, -0.2) is 19.7 Å². The maximum atomic E-state index is 12.1. The minimum absolute atomic E-state index is 0.0178. The fourth-order valence-electron chi connectivity index (χ4n) is 3.66. The van der Waals surface area contributed by atoms with Crippen molar-refractivity contribution in [3.05, 3.63) is 24.8 Å². The number of nitrogens with two attached hydrogens (primary N) is 1. The van der Waals surface area contributed by atoms with Crippen LogP contribution in [0.5, 0.6) is 0 Å². The maximum absolute atomic E-state index is 12.1. The zero-order valence-corrected chi connectivity index (χ0v) is 20.3. The number of nitrogens with one attached hydrogen (secondary N) is 1. The molecule has 5 N–H and O–H groups in total. The van der Waals surface area contributed by atoms with Gasteiger partial charge in [-0.15, -0.1) is 0 Å². The van der Waals surface area contributed by atoms with Gasteiger partial charge in [-0.05, 0) is 25.7 Å². The van der Waals surface area contributed by atoms with Crippen molar-refractivity contribution < 1.29 is 32.3 Å². The molecular formula is C21H32N6O7S. The number of carbonyl (C=O) groups is 1. The number of aliphatic hydroxyl groups is 2. The van der Waals surface area contributed by atoms with Crippen LogP contribution in [0.15, 0.2) is 24.8 Å². The van der Waals surface area contributed by atoms with Crippen molar-refractivity contribution in [2.24, 2.45) is 0 Å². The average molecular weight is 513 g/mol. The Balaban J connectivity index is 1.47.